The second-order valence-corrected chi connectivity index (χ2v) is 13.1. The third kappa shape index (κ3) is 4.18. The van der Waals surface area contributed by atoms with Gasteiger partial charge in [-0.25, -0.2) is 4.74 Å². The second kappa shape index (κ2) is 8.53. The summed E-state index contributed by atoms with van der Waals surface area (Å²) < 4.78 is 11.0. The van der Waals surface area contributed by atoms with Gasteiger partial charge >= 0.3 is 0 Å². The Kier molecular flexibility index (Phi) is 6.79. The van der Waals surface area contributed by atoms with Crippen LogP contribution in [0.15, 0.2) is 22.9 Å². The largest absolute Gasteiger partial charge is 0.257 e. The van der Waals surface area contributed by atoms with Gasteiger partial charge in [0, 0.05) is 36.4 Å². The Morgan fingerprint density at radius 1 is 0.846 bits per heavy atom. The van der Waals surface area contributed by atoms with Crippen LogP contribution in [0.3, 0.4) is 0 Å². The zero-order valence-electron chi connectivity index (χ0n) is 16.3. The van der Waals surface area contributed by atoms with Crippen molar-refractivity contribution in [2.45, 2.75) is 64.5 Å². The van der Waals surface area contributed by atoms with Crippen LogP contribution < -0.4 is 0 Å². The number of halogens is 2. The minimum atomic E-state index is -1.93. The Balaban J connectivity index is 2.19. The van der Waals surface area contributed by atoms with Crippen LogP contribution in [-0.2, 0) is 0 Å². The minimum absolute atomic E-state index is 0.0741. The van der Waals surface area contributed by atoms with Gasteiger partial charge in [0.2, 0.25) is 0 Å². The fraction of sp³-hybridized carbons (Fsp3) is 0.700. The number of hydrogen-bond donors (Lipinski definition) is 0. The molecule has 26 heavy (non-hydrogen) atoms. The molecule has 0 bridgehead atoms. The van der Waals surface area contributed by atoms with Crippen molar-refractivity contribution in [2.24, 2.45) is 4.74 Å². The molecule has 0 N–H and O–H groups in total. The molecule has 2 saturated heterocycles. The molecule has 0 spiro atoms. The molecule has 3 nitrogen and oxygen atoms in total. The maximum Gasteiger partial charge on any atom is 0.108 e. The van der Waals surface area contributed by atoms with Crippen molar-refractivity contribution in [3.05, 3.63) is 28.2 Å². The van der Waals surface area contributed by atoms with Crippen LogP contribution in [0.4, 0.5) is 5.69 Å². The Labute approximate surface area is 169 Å². The van der Waals surface area contributed by atoms with E-state index < -0.39 is 7.36 Å². The van der Waals surface area contributed by atoms with Crippen molar-refractivity contribution >= 4 is 36.2 Å². The highest BCUT2D eigenvalue weighted by molar-refractivity contribution is 7.63. The number of hydrogen-bond acceptors (Lipinski definition) is 1. The van der Waals surface area contributed by atoms with Gasteiger partial charge in [0.25, 0.3) is 0 Å². The highest BCUT2D eigenvalue weighted by Crippen LogP contribution is 2.68. The van der Waals surface area contributed by atoms with E-state index in [-0.39, 0.29) is 5.16 Å². The van der Waals surface area contributed by atoms with Crippen LogP contribution in [0.25, 0.3) is 0 Å². The first-order valence-electron chi connectivity index (χ1n) is 9.93. The summed E-state index contributed by atoms with van der Waals surface area (Å²) in [5, 5.41) is 1.41. The third-order valence-electron chi connectivity index (χ3n) is 5.51. The van der Waals surface area contributed by atoms with Gasteiger partial charge < -0.3 is 0 Å². The van der Waals surface area contributed by atoms with Gasteiger partial charge in [-0.05, 0) is 43.9 Å². The molecular formula is C20H32Cl2N3P. The molecule has 0 radical (unpaired) electrons. The molecule has 0 aliphatic carbocycles. The van der Waals surface area contributed by atoms with Crippen LogP contribution in [0.5, 0.6) is 0 Å². The molecule has 0 amide bonds. The van der Waals surface area contributed by atoms with E-state index in [1.54, 1.807) is 0 Å². The molecule has 0 saturated carbocycles. The standard InChI is InChI=1S/C20H32Cl2N3P/c1-20(2,3)26(24-12-6-4-7-13-24,25-14-8-5-9-15-25)23-19-11-10-17(21)16-18(19)22/h10-11,16H,4-9,12-15H2,1-3H3. The fourth-order valence-electron chi connectivity index (χ4n) is 4.33. The Morgan fingerprint density at radius 3 is 1.77 bits per heavy atom. The molecule has 1 aromatic rings. The lowest BCUT2D eigenvalue weighted by Crippen LogP contribution is -2.44. The average molecular weight is 416 g/mol. The smallest absolute Gasteiger partial charge is 0.108 e. The first-order chi connectivity index (χ1) is 12.3. The zero-order chi connectivity index (χ0) is 18.8. The van der Waals surface area contributed by atoms with Gasteiger partial charge in [-0.3, -0.25) is 9.34 Å². The van der Waals surface area contributed by atoms with Crippen molar-refractivity contribution in [1.29, 1.82) is 0 Å². The maximum atomic E-state index is 6.57. The average Bonchev–Trinajstić information content (AvgIpc) is 2.62. The summed E-state index contributed by atoms with van der Waals surface area (Å²) in [4.78, 5) is 0. The summed E-state index contributed by atoms with van der Waals surface area (Å²) in [7, 11) is -1.93. The summed E-state index contributed by atoms with van der Waals surface area (Å²) in [6.45, 7) is 11.7. The summed E-state index contributed by atoms with van der Waals surface area (Å²) in [6.07, 6.45) is 7.76. The van der Waals surface area contributed by atoms with Crippen LogP contribution in [0, 0.1) is 0 Å². The normalized spacial score (nSPS) is 21.0. The number of nitrogens with zero attached hydrogens (tertiary/aromatic N) is 3. The zero-order valence-corrected chi connectivity index (χ0v) is 18.8. The van der Waals surface area contributed by atoms with Crippen molar-refractivity contribution in [2.75, 3.05) is 26.2 Å². The van der Waals surface area contributed by atoms with Gasteiger partial charge in [0.05, 0.1) is 10.7 Å². The molecule has 2 fully saturated rings. The van der Waals surface area contributed by atoms with E-state index in [1.165, 1.54) is 38.5 Å². The van der Waals surface area contributed by atoms with E-state index in [4.69, 9.17) is 27.9 Å². The van der Waals surface area contributed by atoms with Crippen molar-refractivity contribution in [3.8, 4) is 0 Å². The summed E-state index contributed by atoms with van der Waals surface area (Å²) >= 11 is 12.7. The Hall–Kier alpha value is -0.0500. The second-order valence-electron chi connectivity index (χ2n) is 8.46. The lowest BCUT2D eigenvalue weighted by Gasteiger charge is -2.53. The molecule has 146 valence electrons. The minimum Gasteiger partial charge on any atom is -0.257 e. The predicted molar refractivity (Wildman–Crippen MR) is 116 cm³/mol. The van der Waals surface area contributed by atoms with Gasteiger partial charge in [-0.1, -0.05) is 56.8 Å². The topological polar surface area (TPSA) is 18.8 Å². The molecule has 3 rings (SSSR count). The van der Waals surface area contributed by atoms with Crippen LogP contribution >= 0.6 is 30.6 Å². The Morgan fingerprint density at radius 2 is 1.35 bits per heavy atom. The number of benzene rings is 1. The molecule has 0 atom stereocenters. The fourth-order valence-corrected chi connectivity index (χ4v) is 9.60. The molecule has 6 heteroatoms. The van der Waals surface area contributed by atoms with Crippen LogP contribution in [-0.4, -0.2) is 40.7 Å². The van der Waals surface area contributed by atoms with E-state index in [2.05, 4.69) is 30.1 Å². The number of piperidine rings is 2. The molecule has 2 heterocycles. The SMILES string of the molecule is CC(C)(C)P(=Nc1ccc(Cl)cc1Cl)(N1CCCCC1)N1CCCCC1. The lowest BCUT2D eigenvalue weighted by molar-refractivity contribution is 0.293. The lowest BCUT2D eigenvalue weighted by atomic mass is 10.2. The van der Waals surface area contributed by atoms with Gasteiger partial charge in [-0.15, -0.1) is 0 Å². The van der Waals surface area contributed by atoms with E-state index in [0.29, 0.717) is 10.0 Å². The van der Waals surface area contributed by atoms with Gasteiger partial charge in [0.15, 0.2) is 0 Å². The van der Waals surface area contributed by atoms with E-state index in [9.17, 15) is 0 Å². The highest BCUT2D eigenvalue weighted by Gasteiger charge is 2.45. The third-order valence-corrected chi connectivity index (χ3v) is 10.7. The van der Waals surface area contributed by atoms with Crippen molar-refractivity contribution < 1.29 is 0 Å². The molecule has 2 aliphatic heterocycles. The van der Waals surface area contributed by atoms with E-state index >= 15 is 0 Å². The van der Waals surface area contributed by atoms with Crippen molar-refractivity contribution in [3.63, 3.8) is 0 Å². The molecule has 1 aromatic carbocycles. The molecule has 2 aliphatic rings. The van der Waals surface area contributed by atoms with Crippen molar-refractivity contribution in [1.82, 2.24) is 9.34 Å². The van der Waals surface area contributed by atoms with Gasteiger partial charge in [-0.2, -0.15) is 0 Å². The van der Waals surface area contributed by atoms with E-state index in [0.717, 1.165) is 31.9 Å². The van der Waals surface area contributed by atoms with E-state index in [1.807, 2.05) is 18.2 Å². The van der Waals surface area contributed by atoms with Gasteiger partial charge in [0.1, 0.15) is 7.36 Å². The first-order valence-corrected chi connectivity index (χ1v) is 12.3. The monoisotopic (exact) mass is 415 g/mol. The number of rotatable bonds is 3. The molecule has 0 aromatic heterocycles. The molecule has 0 unspecified atom stereocenters. The van der Waals surface area contributed by atoms with Crippen LogP contribution in [0.2, 0.25) is 10.0 Å². The Bertz CT molecular complexity index is 650. The predicted octanol–water partition coefficient (Wildman–Crippen LogP) is 7.43. The first kappa shape index (κ1) is 20.7. The summed E-state index contributed by atoms with van der Waals surface area (Å²) in [5.74, 6) is 0. The quantitative estimate of drug-likeness (QED) is 0.477. The summed E-state index contributed by atoms with van der Waals surface area (Å²) in [6, 6.07) is 5.74. The molecular weight excluding hydrogens is 384 g/mol. The highest BCUT2D eigenvalue weighted by atomic mass is 35.5. The maximum absolute atomic E-state index is 6.57. The van der Waals surface area contributed by atoms with Crippen LogP contribution in [0.1, 0.15) is 59.3 Å². The summed E-state index contributed by atoms with van der Waals surface area (Å²) in [5.41, 5.74) is 0.899.